The van der Waals surface area contributed by atoms with Crippen molar-refractivity contribution in [2.45, 2.75) is 15.2 Å². The molecule has 0 saturated carbocycles. The molecule has 96 valence electrons. The van der Waals surface area contributed by atoms with E-state index in [1.54, 1.807) is 46.9 Å². The van der Waals surface area contributed by atoms with Gasteiger partial charge >= 0.3 is 0 Å². The van der Waals surface area contributed by atoms with E-state index in [1.807, 2.05) is 0 Å². The van der Waals surface area contributed by atoms with Crippen molar-refractivity contribution in [3.8, 4) is 0 Å². The van der Waals surface area contributed by atoms with Gasteiger partial charge in [0.15, 0.2) is 9.84 Å². The summed E-state index contributed by atoms with van der Waals surface area (Å²) in [7, 11) is -3.59. The average Bonchev–Trinajstić information content (AvgIpc) is 2.28. The maximum Gasteiger partial charge on any atom is 0.225 e. The van der Waals surface area contributed by atoms with Gasteiger partial charge in [0.2, 0.25) is 2.21 Å². The van der Waals surface area contributed by atoms with E-state index in [4.69, 9.17) is 23.2 Å². The van der Waals surface area contributed by atoms with Gasteiger partial charge < -0.3 is 5.11 Å². The maximum atomic E-state index is 11.8. The Kier molecular flexibility index (Phi) is 5.11. The van der Waals surface area contributed by atoms with Crippen LogP contribution in [0.1, 0.15) is 18.6 Å². The van der Waals surface area contributed by atoms with Crippen LogP contribution in [0.25, 0.3) is 0 Å². The van der Waals surface area contributed by atoms with Gasteiger partial charge in [0.25, 0.3) is 0 Å². The Hall–Kier alpha value is 0.440. The highest BCUT2D eigenvalue weighted by Crippen LogP contribution is 2.43. The van der Waals surface area contributed by atoms with E-state index < -0.39 is 18.2 Å². The topological polar surface area (TPSA) is 54.4 Å². The number of hydrogen-bond acceptors (Lipinski definition) is 3. The zero-order valence-electron chi connectivity index (χ0n) is 8.90. The van der Waals surface area contributed by atoms with Crippen LogP contribution in [0.5, 0.6) is 0 Å². The highest BCUT2D eigenvalue weighted by atomic mass is 127. The third-order valence-electron chi connectivity index (χ3n) is 2.30. The number of aliphatic hydroxyl groups excluding tert-OH is 1. The Morgan fingerprint density at radius 3 is 2.29 bits per heavy atom. The quantitative estimate of drug-likeness (QED) is 0.615. The van der Waals surface area contributed by atoms with E-state index in [2.05, 4.69) is 0 Å². The molecule has 1 aromatic carbocycles. The molecule has 0 aliphatic rings. The van der Waals surface area contributed by atoms with Crippen LogP contribution >= 0.6 is 45.8 Å². The fraction of sp³-hybridized carbons (Fsp3) is 0.400. The molecule has 0 saturated heterocycles. The summed E-state index contributed by atoms with van der Waals surface area (Å²) < 4.78 is 21.8. The Morgan fingerprint density at radius 2 is 1.88 bits per heavy atom. The number of rotatable bonds is 4. The van der Waals surface area contributed by atoms with Crippen molar-refractivity contribution in [1.82, 2.24) is 0 Å². The Labute approximate surface area is 124 Å². The SMILES string of the molecule is CCS(=O)(=O)C(Cl)(I)C(O)c1ccc(Cl)cc1. The number of halogens is 3. The van der Waals surface area contributed by atoms with Crippen LogP contribution in [0.15, 0.2) is 24.3 Å². The molecule has 0 bridgehead atoms. The van der Waals surface area contributed by atoms with Crippen LogP contribution in [-0.2, 0) is 9.84 Å². The first-order valence-corrected chi connectivity index (χ1v) is 8.24. The smallest absolute Gasteiger partial charge is 0.225 e. The molecular formula is C10H11Cl2IO3S. The van der Waals surface area contributed by atoms with Gasteiger partial charge in [-0.05, 0) is 40.3 Å². The standard InChI is InChI=1S/C10H11Cl2IO3S/c1-2-17(15,16)10(12,13)9(14)7-3-5-8(11)6-4-7/h3-6,9,14H,2H2,1H3. The van der Waals surface area contributed by atoms with Crippen molar-refractivity contribution in [3.05, 3.63) is 34.9 Å². The summed E-state index contributed by atoms with van der Waals surface area (Å²) in [6, 6.07) is 6.24. The van der Waals surface area contributed by atoms with E-state index in [-0.39, 0.29) is 5.75 Å². The number of alkyl halides is 2. The van der Waals surface area contributed by atoms with Gasteiger partial charge in [-0.3, -0.25) is 0 Å². The molecule has 0 amide bonds. The zero-order valence-corrected chi connectivity index (χ0v) is 13.4. The second kappa shape index (κ2) is 5.61. The summed E-state index contributed by atoms with van der Waals surface area (Å²) in [6.45, 7) is 1.49. The third-order valence-corrected chi connectivity index (χ3v) is 7.88. The summed E-state index contributed by atoms with van der Waals surface area (Å²) in [6.07, 6.45) is -1.31. The van der Waals surface area contributed by atoms with Crippen molar-refractivity contribution >= 4 is 55.6 Å². The van der Waals surface area contributed by atoms with Gasteiger partial charge in [0.1, 0.15) is 6.10 Å². The van der Waals surface area contributed by atoms with Crippen LogP contribution in [0.4, 0.5) is 0 Å². The minimum absolute atomic E-state index is 0.135. The lowest BCUT2D eigenvalue weighted by molar-refractivity contribution is 0.187. The van der Waals surface area contributed by atoms with Crippen LogP contribution in [0.3, 0.4) is 0 Å². The number of benzene rings is 1. The lowest BCUT2D eigenvalue weighted by Gasteiger charge is -2.25. The van der Waals surface area contributed by atoms with Crippen molar-refractivity contribution in [2.24, 2.45) is 0 Å². The normalized spacial score (nSPS) is 17.5. The molecule has 0 fully saturated rings. The van der Waals surface area contributed by atoms with E-state index in [9.17, 15) is 13.5 Å². The highest BCUT2D eigenvalue weighted by Gasteiger charge is 2.45. The summed E-state index contributed by atoms with van der Waals surface area (Å²) in [5.74, 6) is -0.135. The Bertz CT molecular complexity index is 485. The van der Waals surface area contributed by atoms with Crippen LogP contribution < -0.4 is 0 Å². The van der Waals surface area contributed by atoms with E-state index >= 15 is 0 Å². The summed E-state index contributed by atoms with van der Waals surface area (Å²) in [4.78, 5) is 0. The maximum absolute atomic E-state index is 11.8. The second-order valence-electron chi connectivity index (χ2n) is 3.42. The molecule has 0 radical (unpaired) electrons. The van der Waals surface area contributed by atoms with Crippen molar-refractivity contribution in [1.29, 1.82) is 0 Å². The van der Waals surface area contributed by atoms with E-state index in [0.29, 0.717) is 10.6 Å². The van der Waals surface area contributed by atoms with Crippen molar-refractivity contribution in [3.63, 3.8) is 0 Å². The molecule has 1 aromatic rings. The second-order valence-corrected chi connectivity index (χ2v) is 10.2. The van der Waals surface area contributed by atoms with E-state index in [1.165, 1.54) is 6.92 Å². The molecule has 17 heavy (non-hydrogen) atoms. The highest BCUT2D eigenvalue weighted by molar-refractivity contribution is 14.1. The fourth-order valence-corrected chi connectivity index (χ4v) is 3.94. The fourth-order valence-electron chi connectivity index (χ4n) is 1.20. The lowest BCUT2D eigenvalue weighted by atomic mass is 10.1. The van der Waals surface area contributed by atoms with Gasteiger partial charge in [0, 0.05) is 5.02 Å². The predicted molar refractivity (Wildman–Crippen MR) is 78.5 cm³/mol. The van der Waals surface area contributed by atoms with Gasteiger partial charge in [-0.1, -0.05) is 42.3 Å². The first-order valence-electron chi connectivity index (χ1n) is 4.76. The summed E-state index contributed by atoms with van der Waals surface area (Å²) in [5, 5.41) is 10.6. The van der Waals surface area contributed by atoms with Crippen molar-refractivity contribution < 1.29 is 13.5 Å². The molecule has 2 unspecified atom stereocenters. The molecular weight excluding hydrogens is 398 g/mol. The number of aliphatic hydroxyl groups is 1. The minimum atomic E-state index is -3.59. The Morgan fingerprint density at radius 1 is 1.41 bits per heavy atom. The monoisotopic (exact) mass is 408 g/mol. The Balaban J connectivity index is 3.12. The van der Waals surface area contributed by atoms with Crippen LogP contribution in [-0.4, -0.2) is 21.5 Å². The largest absolute Gasteiger partial charge is 0.385 e. The number of sulfone groups is 1. The molecule has 0 aromatic heterocycles. The number of hydrogen-bond donors (Lipinski definition) is 1. The third kappa shape index (κ3) is 3.26. The van der Waals surface area contributed by atoms with Crippen LogP contribution in [0, 0.1) is 0 Å². The van der Waals surface area contributed by atoms with Gasteiger partial charge in [-0.15, -0.1) is 0 Å². The summed E-state index contributed by atoms with van der Waals surface area (Å²) in [5.41, 5.74) is 0.413. The first-order chi connectivity index (χ1) is 7.72. The molecule has 1 N–H and O–H groups in total. The summed E-state index contributed by atoms with van der Waals surface area (Å²) >= 11 is 13.2. The molecule has 3 nitrogen and oxygen atoms in total. The van der Waals surface area contributed by atoms with Crippen molar-refractivity contribution in [2.75, 3.05) is 5.75 Å². The molecule has 0 spiro atoms. The molecule has 0 aliphatic carbocycles. The molecule has 0 aliphatic heterocycles. The van der Waals surface area contributed by atoms with Gasteiger partial charge in [-0.2, -0.15) is 0 Å². The molecule has 0 heterocycles. The average molecular weight is 409 g/mol. The minimum Gasteiger partial charge on any atom is -0.385 e. The van der Waals surface area contributed by atoms with Gasteiger partial charge in [-0.25, -0.2) is 8.42 Å². The first kappa shape index (κ1) is 15.5. The van der Waals surface area contributed by atoms with E-state index in [0.717, 1.165) is 0 Å². The molecule has 7 heteroatoms. The zero-order chi connectivity index (χ0) is 13.3. The molecule has 2 atom stereocenters. The predicted octanol–water partition coefficient (Wildman–Crippen LogP) is 3.14. The van der Waals surface area contributed by atoms with Gasteiger partial charge in [0.05, 0.1) is 5.75 Å². The van der Waals surface area contributed by atoms with Crippen LogP contribution in [0.2, 0.25) is 5.02 Å². The lowest BCUT2D eigenvalue weighted by Crippen LogP contribution is -2.34. The molecule has 1 rings (SSSR count).